The van der Waals surface area contributed by atoms with Gasteiger partial charge in [0.05, 0.1) is 18.8 Å². The van der Waals surface area contributed by atoms with Gasteiger partial charge in [-0.15, -0.1) is 13.2 Å². The van der Waals surface area contributed by atoms with E-state index in [0.29, 0.717) is 30.3 Å². The molecular formula is C21H17F3N4O2. The third-order valence-corrected chi connectivity index (χ3v) is 5.16. The zero-order chi connectivity index (χ0) is 20.9. The van der Waals surface area contributed by atoms with Crippen molar-refractivity contribution in [1.82, 2.24) is 9.97 Å². The number of hydrogen-bond acceptors (Lipinski definition) is 6. The highest BCUT2D eigenvalue weighted by molar-refractivity contribution is 6.15. The summed E-state index contributed by atoms with van der Waals surface area (Å²) < 4.78 is 47.5. The summed E-state index contributed by atoms with van der Waals surface area (Å²) in [5.74, 6) is 2.07. The summed E-state index contributed by atoms with van der Waals surface area (Å²) in [4.78, 5) is 15.6. The average molecular weight is 414 g/mol. The van der Waals surface area contributed by atoms with Crippen LogP contribution in [0, 0.1) is 6.92 Å². The number of halogens is 3. The van der Waals surface area contributed by atoms with Gasteiger partial charge in [-0.1, -0.05) is 6.07 Å². The second kappa shape index (κ2) is 6.86. The predicted molar refractivity (Wildman–Crippen MR) is 103 cm³/mol. The number of fused-ring (bicyclic) bond motifs is 2. The number of aryl methyl sites for hydroxylation is 1. The van der Waals surface area contributed by atoms with E-state index in [9.17, 15) is 13.2 Å². The van der Waals surface area contributed by atoms with Crippen LogP contribution in [0.2, 0.25) is 0 Å². The third kappa shape index (κ3) is 3.51. The monoisotopic (exact) mass is 414 g/mol. The standard InChI is InChI=1S/C21H17F3N4O2/c1-12-27-17-11-28(7-5-18(17)29-12)19-8-13(4-6-25-19)20-16-9-15(30-21(22,23)24)3-2-14(16)10-26-20/h2-4,6,8-9H,5,7,10-11H2,1H3. The molecule has 3 aromatic rings. The molecule has 0 atom stereocenters. The molecule has 5 rings (SSSR count). The topological polar surface area (TPSA) is 63.8 Å². The first-order valence-electron chi connectivity index (χ1n) is 9.46. The summed E-state index contributed by atoms with van der Waals surface area (Å²) in [6.07, 6.45) is -2.31. The lowest BCUT2D eigenvalue weighted by Crippen LogP contribution is -2.30. The normalized spacial score (nSPS) is 15.6. The minimum atomic E-state index is -4.74. The lowest BCUT2D eigenvalue weighted by Gasteiger charge is -2.26. The summed E-state index contributed by atoms with van der Waals surface area (Å²) in [7, 11) is 0. The molecule has 0 saturated carbocycles. The summed E-state index contributed by atoms with van der Waals surface area (Å²) in [6.45, 7) is 3.58. The SMILES string of the molecule is Cc1nc2c(o1)CCN(c1cc(C3=NCc4ccc(OC(F)(F)F)cc43)ccn1)C2. The van der Waals surface area contributed by atoms with Crippen molar-refractivity contribution in [2.24, 2.45) is 4.99 Å². The highest BCUT2D eigenvalue weighted by Gasteiger charge is 2.32. The van der Waals surface area contributed by atoms with Gasteiger partial charge in [0.25, 0.3) is 0 Å². The molecule has 0 unspecified atom stereocenters. The molecule has 1 aromatic carbocycles. The second-order valence-electron chi connectivity index (χ2n) is 7.21. The van der Waals surface area contributed by atoms with Crippen LogP contribution in [-0.2, 0) is 19.5 Å². The van der Waals surface area contributed by atoms with E-state index < -0.39 is 6.36 Å². The van der Waals surface area contributed by atoms with Crippen LogP contribution >= 0.6 is 0 Å². The van der Waals surface area contributed by atoms with Gasteiger partial charge < -0.3 is 14.1 Å². The Labute approximate surface area is 170 Å². The minimum absolute atomic E-state index is 0.255. The van der Waals surface area contributed by atoms with Crippen molar-refractivity contribution in [2.45, 2.75) is 32.8 Å². The number of rotatable bonds is 3. The Morgan fingerprint density at radius 3 is 2.87 bits per heavy atom. The Morgan fingerprint density at radius 1 is 1.17 bits per heavy atom. The van der Waals surface area contributed by atoms with Crippen LogP contribution in [-0.4, -0.2) is 28.6 Å². The first kappa shape index (κ1) is 18.7. The Morgan fingerprint density at radius 2 is 2.03 bits per heavy atom. The zero-order valence-electron chi connectivity index (χ0n) is 16.0. The highest BCUT2D eigenvalue weighted by Crippen LogP contribution is 2.31. The Kier molecular flexibility index (Phi) is 4.27. The van der Waals surface area contributed by atoms with Crippen molar-refractivity contribution >= 4 is 11.5 Å². The van der Waals surface area contributed by atoms with E-state index in [1.165, 1.54) is 12.1 Å². The van der Waals surface area contributed by atoms with Crippen LogP contribution in [0.3, 0.4) is 0 Å². The smallest absolute Gasteiger partial charge is 0.446 e. The maximum atomic E-state index is 12.6. The van der Waals surface area contributed by atoms with Crippen molar-refractivity contribution in [3.05, 3.63) is 70.6 Å². The highest BCUT2D eigenvalue weighted by atomic mass is 19.4. The van der Waals surface area contributed by atoms with E-state index in [1.807, 2.05) is 19.1 Å². The van der Waals surface area contributed by atoms with Gasteiger partial charge >= 0.3 is 6.36 Å². The number of oxazole rings is 1. The van der Waals surface area contributed by atoms with E-state index in [1.54, 1.807) is 12.3 Å². The molecule has 0 saturated heterocycles. The van der Waals surface area contributed by atoms with Gasteiger partial charge in [-0.05, 0) is 29.8 Å². The Bertz CT molecular complexity index is 1150. The van der Waals surface area contributed by atoms with E-state index >= 15 is 0 Å². The lowest BCUT2D eigenvalue weighted by atomic mass is 10.0. The maximum absolute atomic E-state index is 12.6. The van der Waals surface area contributed by atoms with Crippen molar-refractivity contribution in [3.63, 3.8) is 0 Å². The fourth-order valence-electron chi connectivity index (χ4n) is 3.87. The van der Waals surface area contributed by atoms with Crippen LogP contribution in [0.1, 0.15) is 34.0 Å². The number of pyridine rings is 1. The Hall–Kier alpha value is -3.36. The lowest BCUT2D eigenvalue weighted by molar-refractivity contribution is -0.274. The van der Waals surface area contributed by atoms with Crippen LogP contribution < -0.4 is 9.64 Å². The average Bonchev–Trinajstić information content (AvgIpc) is 3.28. The zero-order valence-corrected chi connectivity index (χ0v) is 16.0. The molecule has 0 amide bonds. The second-order valence-corrected chi connectivity index (χ2v) is 7.21. The summed E-state index contributed by atoms with van der Waals surface area (Å²) in [6, 6.07) is 8.04. The van der Waals surface area contributed by atoms with Gasteiger partial charge in [0, 0.05) is 37.2 Å². The number of ether oxygens (including phenoxy) is 1. The largest absolute Gasteiger partial charge is 0.573 e. The first-order valence-corrected chi connectivity index (χ1v) is 9.46. The summed E-state index contributed by atoms with van der Waals surface area (Å²) in [5.41, 5.74) is 3.84. The molecule has 154 valence electrons. The molecule has 0 radical (unpaired) electrons. The molecule has 0 spiro atoms. The molecule has 6 nitrogen and oxygen atoms in total. The molecule has 0 bridgehead atoms. The summed E-state index contributed by atoms with van der Waals surface area (Å²) >= 11 is 0. The number of aliphatic imine (C=N–C) groups is 1. The first-order chi connectivity index (χ1) is 14.4. The van der Waals surface area contributed by atoms with Crippen molar-refractivity contribution in [1.29, 1.82) is 0 Å². The van der Waals surface area contributed by atoms with E-state index in [4.69, 9.17) is 4.42 Å². The number of benzene rings is 1. The molecule has 30 heavy (non-hydrogen) atoms. The number of nitrogens with zero attached hydrogens (tertiary/aromatic N) is 4. The molecule has 4 heterocycles. The fourth-order valence-corrected chi connectivity index (χ4v) is 3.87. The van der Waals surface area contributed by atoms with Crippen LogP contribution in [0.5, 0.6) is 5.75 Å². The Balaban J connectivity index is 1.43. The van der Waals surface area contributed by atoms with Crippen LogP contribution in [0.25, 0.3) is 0 Å². The van der Waals surface area contributed by atoms with Crippen molar-refractivity contribution < 1.29 is 22.3 Å². The maximum Gasteiger partial charge on any atom is 0.573 e. The van der Waals surface area contributed by atoms with Crippen molar-refractivity contribution in [2.75, 3.05) is 11.4 Å². The van der Waals surface area contributed by atoms with E-state index in [0.717, 1.165) is 41.4 Å². The third-order valence-electron chi connectivity index (χ3n) is 5.16. The van der Waals surface area contributed by atoms with Gasteiger partial charge in [-0.2, -0.15) is 0 Å². The van der Waals surface area contributed by atoms with Gasteiger partial charge in [-0.3, -0.25) is 4.99 Å². The van der Waals surface area contributed by atoms with Gasteiger partial charge in [0.15, 0.2) is 5.89 Å². The predicted octanol–water partition coefficient (Wildman–Crippen LogP) is 4.19. The molecule has 9 heteroatoms. The minimum Gasteiger partial charge on any atom is -0.446 e. The molecule has 2 aromatic heterocycles. The number of aromatic nitrogens is 2. The van der Waals surface area contributed by atoms with Gasteiger partial charge in [-0.25, -0.2) is 9.97 Å². The summed E-state index contributed by atoms with van der Waals surface area (Å²) in [5, 5.41) is 0. The van der Waals surface area contributed by atoms with Crippen molar-refractivity contribution in [3.8, 4) is 5.75 Å². The van der Waals surface area contributed by atoms with Gasteiger partial charge in [0.2, 0.25) is 0 Å². The van der Waals surface area contributed by atoms with Crippen LogP contribution in [0.4, 0.5) is 19.0 Å². The molecular weight excluding hydrogens is 397 g/mol. The molecule has 2 aliphatic rings. The molecule has 0 fully saturated rings. The molecule has 0 N–H and O–H groups in total. The van der Waals surface area contributed by atoms with Gasteiger partial charge in [0.1, 0.15) is 23.0 Å². The number of hydrogen-bond donors (Lipinski definition) is 0. The molecule has 2 aliphatic heterocycles. The van der Waals surface area contributed by atoms with Crippen LogP contribution in [0.15, 0.2) is 45.9 Å². The quantitative estimate of drug-likeness (QED) is 0.643. The fraction of sp³-hybridized carbons (Fsp3) is 0.286. The number of alkyl halides is 3. The van der Waals surface area contributed by atoms with E-state index in [-0.39, 0.29) is 5.75 Å². The van der Waals surface area contributed by atoms with E-state index in [2.05, 4.69) is 24.6 Å². The molecule has 0 aliphatic carbocycles. The number of anilines is 1.